The molecule has 0 saturated carbocycles. The van der Waals surface area contributed by atoms with Crippen molar-refractivity contribution in [2.75, 3.05) is 0 Å². The van der Waals surface area contributed by atoms with Gasteiger partial charge in [0.1, 0.15) is 5.82 Å². The minimum absolute atomic E-state index is 0.852. The fourth-order valence-electron chi connectivity index (χ4n) is 0.499. The van der Waals surface area contributed by atoms with Crippen LogP contribution in [-0.2, 0) is 0 Å². The Kier molecular flexibility index (Phi) is 1.24. The minimum Gasteiger partial charge on any atom is -0.236 e. The number of hydrogen-bond acceptors (Lipinski definition) is 2. The summed E-state index contributed by atoms with van der Waals surface area (Å²) in [7, 11) is 0. The zero-order chi connectivity index (χ0) is 5.98. The summed E-state index contributed by atoms with van der Waals surface area (Å²) in [6.45, 7) is 3.99. The van der Waals surface area contributed by atoms with Crippen LogP contribution >= 0.6 is 0 Å². The predicted molar refractivity (Wildman–Crippen MR) is 35.4 cm³/mol. The van der Waals surface area contributed by atoms with Gasteiger partial charge in [-0.15, -0.1) is 0 Å². The second-order valence-electron chi connectivity index (χ2n) is 1.88. The number of allylic oxidation sites excluding steroid dienone is 1. The highest BCUT2D eigenvalue weighted by Gasteiger charge is 1.93. The van der Waals surface area contributed by atoms with Crippen LogP contribution < -0.4 is 0 Å². The Labute approximate surface area is 48.7 Å². The average Bonchev–Trinajstić information content (AvgIpc) is 2.12. The molecule has 0 bridgehead atoms. The van der Waals surface area contributed by atoms with Crippen LogP contribution in [0, 0.1) is 0 Å². The largest absolute Gasteiger partial charge is 0.236 e. The molecule has 0 radical (unpaired) electrons. The molecule has 0 unspecified atom stereocenters. The van der Waals surface area contributed by atoms with Crippen molar-refractivity contribution in [2.45, 2.75) is 13.8 Å². The molecule has 0 atom stereocenters. The number of rotatable bonds is 0. The summed E-state index contributed by atoms with van der Waals surface area (Å²) in [6.07, 6.45) is 3.39. The Balaban J connectivity index is 2.90. The normalized spacial score (nSPS) is 15.5. The van der Waals surface area contributed by atoms with Crippen LogP contribution in [-0.4, -0.2) is 12.4 Å². The van der Waals surface area contributed by atoms with Gasteiger partial charge in [-0.3, -0.25) is 0 Å². The van der Waals surface area contributed by atoms with Gasteiger partial charge >= 0.3 is 0 Å². The number of hydrogen-bond donors (Lipinski definition) is 0. The van der Waals surface area contributed by atoms with Crippen LogP contribution in [0.3, 0.4) is 0 Å². The molecule has 0 N–H and O–H groups in total. The van der Waals surface area contributed by atoms with E-state index in [1.807, 2.05) is 13.8 Å². The molecule has 42 valence electrons. The maximum Gasteiger partial charge on any atom is 0.150 e. The molecule has 0 fully saturated rings. The van der Waals surface area contributed by atoms with E-state index in [9.17, 15) is 0 Å². The number of nitrogens with zero attached hydrogens (tertiary/aromatic N) is 2. The zero-order valence-corrected chi connectivity index (χ0v) is 5.05. The molecule has 1 rings (SSSR count). The Morgan fingerprint density at radius 3 is 2.00 bits per heavy atom. The molecule has 0 aromatic heterocycles. The van der Waals surface area contributed by atoms with E-state index >= 15 is 0 Å². The first-order valence-electron chi connectivity index (χ1n) is 2.55. The summed E-state index contributed by atoms with van der Waals surface area (Å²) in [5, 5.41) is 0. The standard InChI is InChI=1S/C6H8N2/c1-5(2)6-7-3-4-8-6/h3-4H,1-2H3. The van der Waals surface area contributed by atoms with Crippen LogP contribution in [0.15, 0.2) is 21.4 Å². The maximum absolute atomic E-state index is 3.97. The van der Waals surface area contributed by atoms with Crippen LogP contribution in [0.25, 0.3) is 0 Å². The first-order chi connectivity index (χ1) is 3.80. The molecule has 1 aliphatic heterocycles. The van der Waals surface area contributed by atoms with E-state index in [4.69, 9.17) is 0 Å². The summed E-state index contributed by atoms with van der Waals surface area (Å²) in [5.41, 5.74) is 1.16. The second-order valence-corrected chi connectivity index (χ2v) is 1.88. The first-order valence-corrected chi connectivity index (χ1v) is 2.55. The lowest BCUT2D eigenvalue weighted by Gasteiger charge is -1.87. The van der Waals surface area contributed by atoms with Crippen LogP contribution in [0.2, 0.25) is 0 Å². The highest BCUT2D eigenvalue weighted by atomic mass is 15.0. The average molecular weight is 108 g/mol. The zero-order valence-electron chi connectivity index (χ0n) is 5.05. The van der Waals surface area contributed by atoms with Crippen molar-refractivity contribution in [3.05, 3.63) is 11.4 Å². The Bertz CT molecular complexity index is 157. The fraction of sp³-hybridized carbons (Fsp3) is 0.333. The summed E-state index contributed by atoms with van der Waals surface area (Å²) < 4.78 is 0. The van der Waals surface area contributed by atoms with Gasteiger partial charge in [-0.25, -0.2) is 9.98 Å². The van der Waals surface area contributed by atoms with Crippen molar-refractivity contribution < 1.29 is 0 Å². The highest BCUT2D eigenvalue weighted by molar-refractivity contribution is 6.18. The maximum atomic E-state index is 3.97. The van der Waals surface area contributed by atoms with E-state index in [1.54, 1.807) is 12.4 Å². The van der Waals surface area contributed by atoms with E-state index in [0.29, 0.717) is 0 Å². The van der Waals surface area contributed by atoms with E-state index in [-0.39, 0.29) is 0 Å². The first kappa shape index (κ1) is 5.22. The van der Waals surface area contributed by atoms with Gasteiger partial charge in [0.2, 0.25) is 0 Å². The second kappa shape index (κ2) is 1.90. The highest BCUT2D eigenvalue weighted by Crippen LogP contribution is 2.07. The molecule has 8 heavy (non-hydrogen) atoms. The molecular weight excluding hydrogens is 100 g/mol. The van der Waals surface area contributed by atoms with Crippen LogP contribution in [0.4, 0.5) is 0 Å². The van der Waals surface area contributed by atoms with Gasteiger partial charge in [-0.2, -0.15) is 0 Å². The Morgan fingerprint density at radius 2 is 1.75 bits per heavy atom. The third-order valence-electron chi connectivity index (χ3n) is 0.908. The molecule has 0 saturated heterocycles. The van der Waals surface area contributed by atoms with E-state index in [1.165, 1.54) is 0 Å². The summed E-state index contributed by atoms with van der Waals surface area (Å²) in [5.74, 6) is 0.852. The Morgan fingerprint density at radius 1 is 1.25 bits per heavy atom. The van der Waals surface area contributed by atoms with Gasteiger partial charge in [-0.05, 0) is 19.4 Å². The topological polar surface area (TPSA) is 24.7 Å². The van der Waals surface area contributed by atoms with E-state index in [2.05, 4.69) is 9.98 Å². The Hall–Kier alpha value is -0.920. The molecule has 0 aromatic carbocycles. The molecule has 2 nitrogen and oxygen atoms in total. The quantitative estimate of drug-likeness (QED) is 0.448. The van der Waals surface area contributed by atoms with Crippen molar-refractivity contribution in [3.63, 3.8) is 0 Å². The molecule has 1 aliphatic rings. The molecule has 0 amide bonds. The van der Waals surface area contributed by atoms with Crippen molar-refractivity contribution >= 4 is 12.4 Å². The summed E-state index contributed by atoms with van der Waals surface area (Å²) in [6, 6.07) is 0. The number of aliphatic imine (C=N–C) groups is 2. The predicted octanol–water partition coefficient (Wildman–Crippen LogP) is 1.39. The molecule has 1 heterocycles. The monoisotopic (exact) mass is 108 g/mol. The van der Waals surface area contributed by atoms with Gasteiger partial charge in [0, 0.05) is 12.4 Å². The smallest absolute Gasteiger partial charge is 0.150 e. The van der Waals surface area contributed by atoms with E-state index < -0.39 is 0 Å². The van der Waals surface area contributed by atoms with Crippen molar-refractivity contribution in [3.8, 4) is 0 Å². The van der Waals surface area contributed by atoms with Crippen molar-refractivity contribution in [1.82, 2.24) is 0 Å². The van der Waals surface area contributed by atoms with Crippen LogP contribution in [0.5, 0.6) is 0 Å². The molecule has 2 heteroatoms. The minimum atomic E-state index is 0.852. The third kappa shape index (κ3) is 0.832. The van der Waals surface area contributed by atoms with Gasteiger partial charge in [-0.1, -0.05) is 0 Å². The summed E-state index contributed by atoms with van der Waals surface area (Å²) >= 11 is 0. The van der Waals surface area contributed by atoms with Gasteiger partial charge in [0.05, 0.1) is 0 Å². The lowest BCUT2D eigenvalue weighted by atomic mass is 10.3. The van der Waals surface area contributed by atoms with Gasteiger partial charge < -0.3 is 0 Å². The fourth-order valence-corrected chi connectivity index (χ4v) is 0.499. The third-order valence-corrected chi connectivity index (χ3v) is 0.908. The molecule has 0 aromatic rings. The molecular formula is C6H8N2. The van der Waals surface area contributed by atoms with Crippen molar-refractivity contribution in [1.29, 1.82) is 0 Å². The summed E-state index contributed by atoms with van der Waals surface area (Å²) in [4.78, 5) is 7.94. The lowest BCUT2D eigenvalue weighted by molar-refractivity contribution is 1.18. The van der Waals surface area contributed by atoms with E-state index in [0.717, 1.165) is 11.4 Å². The van der Waals surface area contributed by atoms with Gasteiger partial charge in [0.25, 0.3) is 0 Å². The van der Waals surface area contributed by atoms with Gasteiger partial charge in [0.15, 0.2) is 0 Å². The van der Waals surface area contributed by atoms with Crippen molar-refractivity contribution in [2.24, 2.45) is 9.98 Å². The van der Waals surface area contributed by atoms with Crippen LogP contribution in [0.1, 0.15) is 13.8 Å². The molecule has 0 spiro atoms. The molecule has 0 aliphatic carbocycles. The SMILES string of the molecule is CC(C)=C1N=CC=N1. The lowest BCUT2D eigenvalue weighted by Crippen LogP contribution is -1.69.